The van der Waals surface area contributed by atoms with Crippen LogP contribution in [0, 0.1) is 0 Å². The molecule has 0 aromatic carbocycles. The molecular weight excluding hydrogens is 190 g/mol. The van der Waals surface area contributed by atoms with Crippen molar-refractivity contribution in [3.05, 3.63) is 12.3 Å². The standard InChI is InChI=1S/C8H13NO5/c1-3-4(10)5(11)7(14-3)6(12)8(13)9-2/h4-7,10-12H,1H2,2H3,(H,9,13). The number of carbonyl (C=O) groups is 1. The molecule has 1 fully saturated rings. The Morgan fingerprint density at radius 2 is 2.21 bits per heavy atom. The van der Waals surface area contributed by atoms with Gasteiger partial charge in [-0.25, -0.2) is 0 Å². The molecule has 1 aliphatic heterocycles. The average Bonchev–Trinajstić information content (AvgIpc) is 2.43. The summed E-state index contributed by atoms with van der Waals surface area (Å²) in [7, 11) is 1.35. The molecule has 1 rings (SSSR count). The van der Waals surface area contributed by atoms with Crippen molar-refractivity contribution in [1.82, 2.24) is 5.32 Å². The second-order valence-electron chi connectivity index (χ2n) is 3.04. The third kappa shape index (κ3) is 1.72. The summed E-state index contributed by atoms with van der Waals surface area (Å²) in [6.45, 7) is 3.33. The van der Waals surface area contributed by atoms with Gasteiger partial charge in [0.05, 0.1) is 0 Å². The SMILES string of the molecule is C=C1OC(C(O)C(=O)NC)C(O)C1O. The third-order valence-electron chi connectivity index (χ3n) is 2.10. The van der Waals surface area contributed by atoms with E-state index in [9.17, 15) is 20.1 Å². The van der Waals surface area contributed by atoms with E-state index >= 15 is 0 Å². The second-order valence-corrected chi connectivity index (χ2v) is 3.04. The molecule has 80 valence electrons. The van der Waals surface area contributed by atoms with Crippen LogP contribution in [0.3, 0.4) is 0 Å². The number of ether oxygens (including phenoxy) is 1. The molecule has 0 aromatic rings. The maximum absolute atomic E-state index is 11.0. The predicted octanol–water partition coefficient (Wildman–Crippen LogP) is -2.27. The van der Waals surface area contributed by atoms with Gasteiger partial charge in [0.25, 0.3) is 5.91 Å². The van der Waals surface area contributed by atoms with Gasteiger partial charge in [-0.05, 0) is 0 Å². The topological polar surface area (TPSA) is 99.0 Å². The molecule has 1 saturated heterocycles. The minimum Gasteiger partial charge on any atom is -0.486 e. The molecule has 0 radical (unpaired) electrons. The summed E-state index contributed by atoms with van der Waals surface area (Å²) in [5.41, 5.74) is 0. The van der Waals surface area contributed by atoms with Crippen LogP contribution in [-0.4, -0.2) is 52.7 Å². The van der Waals surface area contributed by atoms with Gasteiger partial charge in [0.2, 0.25) is 0 Å². The Balaban J connectivity index is 2.71. The molecule has 0 aliphatic carbocycles. The molecule has 0 aromatic heterocycles. The molecule has 4 atom stereocenters. The highest BCUT2D eigenvalue weighted by molar-refractivity contribution is 5.81. The zero-order valence-corrected chi connectivity index (χ0v) is 7.67. The van der Waals surface area contributed by atoms with Gasteiger partial charge < -0.3 is 25.4 Å². The second kappa shape index (κ2) is 3.95. The summed E-state index contributed by atoms with van der Waals surface area (Å²) in [5, 5.41) is 30.2. The zero-order chi connectivity index (χ0) is 10.9. The maximum Gasteiger partial charge on any atom is 0.252 e. The number of aliphatic hydroxyl groups excluding tert-OH is 3. The highest BCUT2D eigenvalue weighted by Crippen LogP contribution is 2.25. The zero-order valence-electron chi connectivity index (χ0n) is 7.67. The Morgan fingerprint density at radius 1 is 1.64 bits per heavy atom. The van der Waals surface area contributed by atoms with Crippen LogP contribution in [0.1, 0.15) is 0 Å². The van der Waals surface area contributed by atoms with Crippen molar-refractivity contribution in [3.8, 4) is 0 Å². The fourth-order valence-electron chi connectivity index (χ4n) is 1.23. The predicted molar refractivity (Wildman–Crippen MR) is 46.1 cm³/mol. The molecule has 0 spiro atoms. The van der Waals surface area contributed by atoms with Gasteiger partial charge in [0.1, 0.15) is 18.0 Å². The van der Waals surface area contributed by atoms with Gasteiger partial charge in [-0.2, -0.15) is 0 Å². The first-order valence-corrected chi connectivity index (χ1v) is 4.10. The summed E-state index contributed by atoms with van der Waals surface area (Å²) in [4.78, 5) is 11.0. The monoisotopic (exact) mass is 203 g/mol. The van der Waals surface area contributed by atoms with E-state index in [4.69, 9.17) is 4.74 Å². The number of carbonyl (C=O) groups excluding carboxylic acids is 1. The number of nitrogens with one attached hydrogen (secondary N) is 1. The lowest BCUT2D eigenvalue weighted by atomic mass is 10.1. The van der Waals surface area contributed by atoms with Gasteiger partial charge in [0, 0.05) is 7.05 Å². The lowest BCUT2D eigenvalue weighted by Crippen LogP contribution is -2.46. The lowest BCUT2D eigenvalue weighted by Gasteiger charge is -2.18. The summed E-state index contributed by atoms with van der Waals surface area (Å²) >= 11 is 0. The number of likely N-dealkylation sites (N-methyl/N-ethyl adjacent to an activating group) is 1. The first-order valence-electron chi connectivity index (χ1n) is 4.10. The summed E-state index contributed by atoms with van der Waals surface area (Å²) in [6.07, 6.45) is -5.30. The lowest BCUT2D eigenvalue weighted by molar-refractivity contribution is -0.138. The van der Waals surface area contributed by atoms with Crippen molar-refractivity contribution < 1.29 is 24.9 Å². The van der Waals surface area contributed by atoms with E-state index in [-0.39, 0.29) is 5.76 Å². The summed E-state index contributed by atoms with van der Waals surface area (Å²) in [6, 6.07) is 0. The Bertz CT molecular complexity index is 254. The normalized spacial score (nSPS) is 33.7. The summed E-state index contributed by atoms with van der Waals surface area (Å²) in [5.74, 6) is -0.735. The molecule has 14 heavy (non-hydrogen) atoms. The average molecular weight is 203 g/mol. The number of aliphatic hydroxyl groups is 3. The number of rotatable bonds is 2. The Morgan fingerprint density at radius 3 is 2.57 bits per heavy atom. The van der Waals surface area contributed by atoms with E-state index in [2.05, 4.69) is 11.9 Å². The Hall–Kier alpha value is -1.11. The van der Waals surface area contributed by atoms with E-state index in [0.717, 1.165) is 0 Å². The Kier molecular flexibility index (Phi) is 3.10. The Labute approximate surface area is 80.8 Å². The fourth-order valence-corrected chi connectivity index (χ4v) is 1.23. The van der Waals surface area contributed by atoms with Crippen LogP contribution >= 0.6 is 0 Å². The molecule has 1 amide bonds. The van der Waals surface area contributed by atoms with Gasteiger partial charge in [-0.15, -0.1) is 0 Å². The van der Waals surface area contributed by atoms with E-state index in [0.29, 0.717) is 0 Å². The molecule has 0 saturated carbocycles. The number of hydrogen-bond acceptors (Lipinski definition) is 5. The van der Waals surface area contributed by atoms with Crippen molar-refractivity contribution in [3.63, 3.8) is 0 Å². The van der Waals surface area contributed by atoms with E-state index in [1.165, 1.54) is 7.05 Å². The first kappa shape index (κ1) is 11.0. The molecule has 0 bridgehead atoms. The van der Waals surface area contributed by atoms with E-state index in [1.54, 1.807) is 0 Å². The minimum atomic E-state index is -1.52. The molecular formula is C8H13NO5. The molecule has 4 unspecified atom stereocenters. The fraction of sp³-hybridized carbons (Fsp3) is 0.625. The van der Waals surface area contributed by atoms with Gasteiger partial charge >= 0.3 is 0 Å². The van der Waals surface area contributed by atoms with Crippen LogP contribution in [-0.2, 0) is 9.53 Å². The van der Waals surface area contributed by atoms with Gasteiger partial charge in [-0.1, -0.05) is 6.58 Å². The van der Waals surface area contributed by atoms with Crippen molar-refractivity contribution in [1.29, 1.82) is 0 Å². The quantitative estimate of drug-likeness (QED) is 0.405. The van der Waals surface area contributed by atoms with Crippen LogP contribution in [0.25, 0.3) is 0 Å². The third-order valence-corrected chi connectivity index (χ3v) is 2.10. The van der Waals surface area contributed by atoms with E-state index < -0.39 is 30.3 Å². The molecule has 6 nitrogen and oxygen atoms in total. The smallest absolute Gasteiger partial charge is 0.252 e. The van der Waals surface area contributed by atoms with Crippen molar-refractivity contribution in [2.75, 3.05) is 7.05 Å². The molecule has 4 N–H and O–H groups in total. The van der Waals surface area contributed by atoms with Gasteiger partial charge in [0.15, 0.2) is 12.2 Å². The minimum absolute atomic E-state index is 0.0505. The van der Waals surface area contributed by atoms with Gasteiger partial charge in [-0.3, -0.25) is 4.79 Å². The van der Waals surface area contributed by atoms with Crippen molar-refractivity contribution in [2.24, 2.45) is 0 Å². The molecule has 6 heteroatoms. The maximum atomic E-state index is 11.0. The first-order chi connectivity index (χ1) is 6.49. The van der Waals surface area contributed by atoms with Crippen LogP contribution in [0.5, 0.6) is 0 Å². The van der Waals surface area contributed by atoms with Crippen LogP contribution < -0.4 is 5.32 Å². The number of amides is 1. The number of hydrogen-bond donors (Lipinski definition) is 4. The molecule has 1 aliphatic rings. The van der Waals surface area contributed by atoms with Crippen LogP contribution in [0.2, 0.25) is 0 Å². The van der Waals surface area contributed by atoms with Crippen LogP contribution in [0.4, 0.5) is 0 Å². The highest BCUT2D eigenvalue weighted by Gasteiger charge is 2.44. The van der Waals surface area contributed by atoms with E-state index in [1.807, 2.05) is 0 Å². The van der Waals surface area contributed by atoms with Crippen LogP contribution in [0.15, 0.2) is 12.3 Å². The summed E-state index contributed by atoms with van der Waals surface area (Å²) < 4.78 is 4.87. The van der Waals surface area contributed by atoms with Crippen molar-refractivity contribution in [2.45, 2.75) is 24.4 Å². The largest absolute Gasteiger partial charge is 0.486 e. The van der Waals surface area contributed by atoms with Crippen molar-refractivity contribution >= 4 is 5.91 Å². The molecule has 1 heterocycles. The highest BCUT2D eigenvalue weighted by atomic mass is 16.5.